The van der Waals surface area contributed by atoms with Gasteiger partial charge in [-0.15, -0.1) is 0 Å². The van der Waals surface area contributed by atoms with Crippen molar-refractivity contribution in [1.29, 1.82) is 0 Å². The molecular weight excluding hydrogens is 845 g/mol. The predicted octanol–water partition coefficient (Wildman–Crippen LogP) is 6.75. The number of carbonyl (C=O) groups excluding carboxylic acids is 5. The van der Waals surface area contributed by atoms with E-state index in [4.69, 9.17) is 36.9 Å². The van der Waals surface area contributed by atoms with Crippen LogP contribution in [0.1, 0.15) is 97.8 Å². The van der Waals surface area contributed by atoms with E-state index in [0.29, 0.717) is 36.3 Å². The summed E-state index contributed by atoms with van der Waals surface area (Å²) in [6, 6.07) is 0. The number of carbonyl (C=O) groups is 5. The van der Waals surface area contributed by atoms with E-state index in [1.807, 2.05) is 26.8 Å². The maximum absolute atomic E-state index is 13.6. The number of allylic oxidation sites excluding steroid dienone is 1. The van der Waals surface area contributed by atoms with Crippen molar-refractivity contribution in [1.82, 2.24) is 19.9 Å². The van der Waals surface area contributed by atoms with Crippen LogP contribution in [-0.4, -0.2) is 114 Å². The van der Waals surface area contributed by atoms with Crippen molar-refractivity contribution in [3.8, 4) is 23.2 Å². The summed E-state index contributed by atoms with van der Waals surface area (Å²) in [6.07, 6.45) is 10.8. The zero-order valence-electron chi connectivity index (χ0n) is 38.9. The van der Waals surface area contributed by atoms with Gasteiger partial charge in [0.05, 0.1) is 36.6 Å². The smallest absolute Gasteiger partial charge is 0.308 e. The van der Waals surface area contributed by atoms with E-state index in [1.54, 1.807) is 53.5 Å². The van der Waals surface area contributed by atoms with Gasteiger partial charge in [0.25, 0.3) is 0 Å². The Morgan fingerprint density at radius 1 is 0.938 bits per heavy atom. The number of hydrogen-bond acceptors (Lipinski definition) is 17. The number of ketones is 2. The zero-order chi connectivity index (χ0) is 47.8. The molecule has 0 spiro atoms. The fourth-order valence-electron chi connectivity index (χ4n) is 7.67. The molecule has 0 saturated carbocycles. The molecule has 0 saturated heterocycles. The third-order valence-electron chi connectivity index (χ3n) is 11.8. The molecule has 4 heterocycles. The normalized spacial score (nSPS) is 24.7. The number of amides is 1. The Bertz CT molecular complexity index is 2100. The molecule has 65 heavy (non-hydrogen) atoms. The highest BCUT2D eigenvalue weighted by atomic mass is 16.6. The van der Waals surface area contributed by atoms with Crippen LogP contribution in [0.15, 0.2) is 62.5 Å². The summed E-state index contributed by atoms with van der Waals surface area (Å²) in [6.45, 7) is 10.3. The number of fused-ring (bicyclic) bond motifs is 8. The van der Waals surface area contributed by atoms with E-state index < -0.39 is 66.3 Å². The average Bonchev–Trinajstić information content (AvgIpc) is 4.08. The highest BCUT2D eigenvalue weighted by molar-refractivity contribution is 5.92. The topological polar surface area (TPSA) is 233 Å². The van der Waals surface area contributed by atoms with Gasteiger partial charge < -0.3 is 46.9 Å². The van der Waals surface area contributed by atoms with Crippen molar-refractivity contribution in [3.05, 3.63) is 60.9 Å². The van der Waals surface area contributed by atoms with Gasteiger partial charge in [-0.3, -0.25) is 24.0 Å². The van der Waals surface area contributed by atoms with Gasteiger partial charge in [0, 0.05) is 66.2 Å². The first-order valence-corrected chi connectivity index (χ1v) is 21.7. The minimum Gasteiger partial charge on any atom is -0.462 e. The molecular formula is C47H64N4O14. The highest BCUT2D eigenvalue weighted by Crippen LogP contribution is 2.32. The number of ether oxygens (including phenoxy) is 5. The summed E-state index contributed by atoms with van der Waals surface area (Å²) in [5.41, 5.74) is 0.978. The summed E-state index contributed by atoms with van der Waals surface area (Å²) in [5, 5.41) is 10.9. The Hall–Kier alpha value is -5.56. The minimum atomic E-state index is -1.16. The zero-order valence-corrected chi connectivity index (χ0v) is 38.9. The summed E-state index contributed by atoms with van der Waals surface area (Å²) in [7, 11) is 6.14. The van der Waals surface area contributed by atoms with Crippen LogP contribution in [0.2, 0.25) is 0 Å². The molecule has 356 valence electrons. The van der Waals surface area contributed by atoms with Crippen molar-refractivity contribution in [3.63, 3.8) is 0 Å². The molecule has 0 aromatic carbocycles. The second-order valence-electron chi connectivity index (χ2n) is 16.7. The van der Waals surface area contributed by atoms with Crippen LogP contribution in [0.4, 0.5) is 0 Å². The molecule has 18 nitrogen and oxygen atoms in total. The number of oxazole rings is 3. The first kappa shape index (κ1) is 52.1. The molecule has 1 amide bonds. The van der Waals surface area contributed by atoms with Crippen molar-refractivity contribution in [2.24, 2.45) is 29.6 Å². The lowest BCUT2D eigenvalue weighted by molar-refractivity contribution is -0.159. The Morgan fingerprint density at radius 2 is 1.62 bits per heavy atom. The Morgan fingerprint density at radius 3 is 2.29 bits per heavy atom. The molecule has 6 bridgehead atoms. The molecule has 1 aliphatic heterocycles. The largest absolute Gasteiger partial charge is 0.462 e. The standard InChI is InChI=1S/C47H64N4O14/c1-27(17-18-38(56)29(3)44(64-32(6)53)28(2)19-20-51(7)26-52)40(59-9)22-41-31(5)39(58-8)15-12-16-42-48-35(24-61-42)46-50-36(25-63-46)47-49-34(23-62-47)45(60-10)30(4)37(55)14-11-13-33(54)21-43(57)65-41/h11-12,14,16,19-20,23-31,33,39-41,44-45,54H,13,15,17-18,21-22H2,1-10H3/b14-11+,16-12-,20-19+/t27-,28+,29-,30-,31+,33-,39-,40-,41-,44+,45-/m0/s1. The van der Waals surface area contributed by atoms with Crippen molar-refractivity contribution in [2.45, 2.75) is 117 Å². The van der Waals surface area contributed by atoms with Gasteiger partial charge in [-0.05, 0) is 37.3 Å². The number of cyclic esters (lactones) is 1. The lowest BCUT2D eigenvalue weighted by Gasteiger charge is -2.34. The van der Waals surface area contributed by atoms with E-state index in [-0.39, 0.29) is 66.8 Å². The minimum absolute atomic E-state index is 0.00470. The van der Waals surface area contributed by atoms with E-state index in [0.717, 1.165) is 0 Å². The quantitative estimate of drug-likeness (QED) is 0.116. The van der Waals surface area contributed by atoms with Crippen LogP contribution in [-0.2, 0) is 47.7 Å². The van der Waals surface area contributed by atoms with Crippen LogP contribution in [0, 0.1) is 29.6 Å². The molecule has 1 N–H and O–H groups in total. The Kier molecular flexibility index (Phi) is 20.2. The van der Waals surface area contributed by atoms with Crippen LogP contribution >= 0.6 is 0 Å². The predicted molar refractivity (Wildman–Crippen MR) is 235 cm³/mol. The molecule has 3 aromatic rings. The van der Waals surface area contributed by atoms with Gasteiger partial charge in [-0.2, -0.15) is 0 Å². The lowest BCUT2D eigenvalue weighted by Crippen LogP contribution is -2.39. The van der Waals surface area contributed by atoms with Gasteiger partial charge >= 0.3 is 11.9 Å². The van der Waals surface area contributed by atoms with Crippen LogP contribution in [0.3, 0.4) is 0 Å². The fraction of sp³-hybridized carbons (Fsp3) is 0.574. The van der Waals surface area contributed by atoms with Crippen LogP contribution in [0.5, 0.6) is 0 Å². The van der Waals surface area contributed by atoms with Crippen molar-refractivity contribution in [2.75, 3.05) is 28.4 Å². The molecule has 0 fully saturated rings. The van der Waals surface area contributed by atoms with Crippen LogP contribution in [0.25, 0.3) is 29.2 Å². The van der Waals surface area contributed by atoms with E-state index in [9.17, 15) is 29.1 Å². The number of aromatic nitrogens is 3. The number of Topliss-reactive ketones (excluding diaryl/α,β-unsaturated/α-hetero) is 1. The molecule has 0 aliphatic carbocycles. The SMILES string of the molecule is CO[C@H]1C/C=C\c2nc(co2)-c2nc(co2)-c2nc(co2)[C@@H](OC)[C@@H](C)C(=O)/C=C/C[C@H](O)CC(=O)O[C@@H](C[C@H](OC)[C@@H](C)CCC(=O)[C@H](C)[C@H](OC(C)=O)[C@H](C)/C=C/N(C)C=O)[C@@H]1C. The summed E-state index contributed by atoms with van der Waals surface area (Å²) < 4.78 is 46.2. The van der Waals surface area contributed by atoms with Crippen molar-refractivity contribution >= 4 is 36.0 Å². The first-order valence-electron chi connectivity index (χ1n) is 21.7. The summed E-state index contributed by atoms with van der Waals surface area (Å²) in [4.78, 5) is 78.2. The van der Waals surface area contributed by atoms with Gasteiger partial charge in [0.2, 0.25) is 24.1 Å². The van der Waals surface area contributed by atoms with Gasteiger partial charge in [0.1, 0.15) is 48.6 Å². The monoisotopic (exact) mass is 908 g/mol. The van der Waals surface area contributed by atoms with E-state index in [1.165, 1.54) is 49.9 Å². The van der Waals surface area contributed by atoms with Gasteiger partial charge in [0.15, 0.2) is 17.2 Å². The number of hydrogen-bond donors (Lipinski definition) is 1. The summed E-state index contributed by atoms with van der Waals surface area (Å²) in [5.74, 6) is -3.32. The number of rotatable bonds is 16. The maximum atomic E-state index is 13.6. The Balaban J connectivity index is 1.55. The number of aliphatic hydroxyl groups excluding tert-OH is 1. The average molecular weight is 909 g/mol. The number of aliphatic hydroxyl groups is 1. The fourth-order valence-corrected chi connectivity index (χ4v) is 7.67. The third-order valence-corrected chi connectivity index (χ3v) is 11.8. The highest BCUT2D eigenvalue weighted by Gasteiger charge is 2.35. The van der Waals surface area contributed by atoms with E-state index in [2.05, 4.69) is 15.0 Å². The second kappa shape index (κ2) is 25.2. The number of methoxy groups -OCH3 is 3. The molecule has 0 radical (unpaired) electrons. The molecule has 4 rings (SSSR count). The lowest BCUT2D eigenvalue weighted by atomic mass is 9.84. The Labute approximate surface area is 379 Å². The maximum Gasteiger partial charge on any atom is 0.308 e. The van der Waals surface area contributed by atoms with E-state index >= 15 is 0 Å². The molecule has 3 aromatic heterocycles. The first-order chi connectivity index (χ1) is 31.0. The van der Waals surface area contributed by atoms with Gasteiger partial charge in [-0.25, -0.2) is 15.0 Å². The molecule has 0 unspecified atom stereocenters. The van der Waals surface area contributed by atoms with Gasteiger partial charge in [-0.1, -0.05) is 52.8 Å². The number of nitrogens with zero attached hydrogens (tertiary/aromatic N) is 4. The molecule has 11 atom stereocenters. The molecule has 18 heteroatoms. The second-order valence-corrected chi connectivity index (χ2v) is 16.7. The number of esters is 2. The van der Waals surface area contributed by atoms with Crippen molar-refractivity contribution < 1.29 is 66.0 Å². The third kappa shape index (κ3) is 15.0. The van der Waals surface area contributed by atoms with Crippen LogP contribution < -0.4 is 0 Å². The summed E-state index contributed by atoms with van der Waals surface area (Å²) >= 11 is 0. The molecule has 1 aliphatic rings.